The van der Waals surface area contributed by atoms with E-state index in [9.17, 15) is 4.79 Å². The first-order valence-corrected chi connectivity index (χ1v) is 6.80. The molecule has 0 amide bonds. The van der Waals surface area contributed by atoms with Crippen LogP contribution in [0.2, 0.25) is 0 Å². The Morgan fingerprint density at radius 3 is 2.71 bits per heavy atom. The molecule has 0 saturated heterocycles. The summed E-state index contributed by atoms with van der Waals surface area (Å²) in [5.74, 6) is 1.27. The Kier molecular flexibility index (Phi) is 5.40. The van der Waals surface area contributed by atoms with Gasteiger partial charge in [0.1, 0.15) is 18.1 Å². The second-order valence-electron chi connectivity index (χ2n) is 4.53. The minimum absolute atomic E-state index is 0.0113. The quantitative estimate of drug-likeness (QED) is 0.627. The molecule has 1 heterocycles. The molecule has 2 aromatic rings. The Morgan fingerprint density at radius 1 is 1.24 bits per heavy atom. The van der Waals surface area contributed by atoms with Gasteiger partial charge in [0, 0.05) is 6.54 Å². The first-order chi connectivity index (χ1) is 10.2. The normalized spacial score (nSPS) is 11.9. The Labute approximate surface area is 123 Å². The van der Waals surface area contributed by atoms with Crippen LogP contribution >= 0.6 is 0 Å². The number of ether oxygens (including phenoxy) is 2. The lowest BCUT2D eigenvalue weighted by Gasteiger charge is -2.12. The number of para-hydroxylation sites is 1. The molecule has 1 aromatic heterocycles. The van der Waals surface area contributed by atoms with Crippen molar-refractivity contribution in [3.63, 3.8) is 0 Å². The van der Waals surface area contributed by atoms with E-state index in [0.29, 0.717) is 18.9 Å². The van der Waals surface area contributed by atoms with Crippen molar-refractivity contribution in [2.45, 2.75) is 13.0 Å². The summed E-state index contributed by atoms with van der Waals surface area (Å²) in [5, 5.41) is 3.27. The van der Waals surface area contributed by atoms with E-state index in [2.05, 4.69) is 10.1 Å². The van der Waals surface area contributed by atoms with Crippen LogP contribution in [-0.2, 0) is 4.74 Å². The van der Waals surface area contributed by atoms with E-state index in [1.54, 1.807) is 12.1 Å². The van der Waals surface area contributed by atoms with Crippen molar-refractivity contribution in [1.29, 1.82) is 0 Å². The summed E-state index contributed by atoms with van der Waals surface area (Å²) in [6.45, 7) is 3.19. The second kappa shape index (κ2) is 7.50. The molecule has 1 aromatic carbocycles. The number of hydrogen-bond donors (Lipinski definition) is 1. The van der Waals surface area contributed by atoms with Gasteiger partial charge in [-0.25, -0.2) is 4.79 Å². The molecule has 0 aliphatic carbocycles. The van der Waals surface area contributed by atoms with Crippen molar-refractivity contribution in [3.8, 4) is 5.75 Å². The van der Waals surface area contributed by atoms with Crippen LogP contribution in [0.25, 0.3) is 0 Å². The molecule has 0 radical (unpaired) electrons. The largest absolute Gasteiger partial charge is 0.492 e. The van der Waals surface area contributed by atoms with Crippen LogP contribution < -0.4 is 10.1 Å². The molecule has 21 heavy (non-hydrogen) atoms. The standard InChI is InChI=1S/C16H19NO4/c1-12(14-8-9-15(21-14)16(18)19-2)17-10-11-20-13-6-4-3-5-7-13/h3-9,12,17H,10-11H2,1-2H3. The first kappa shape index (κ1) is 15.1. The number of rotatable bonds is 7. The summed E-state index contributed by atoms with van der Waals surface area (Å²) in [6.07, 6.45) is 0. The van der Waals surface area contributed by atoms with Gasteiger partial charge in [0.2, 0.25) is 5.76 Å². The van der Waals surface area contributed by atoms with Crippen LogP contribution in [0.5, 0.6) is 5.75 Å². The van der Waals surface area contributed by atoms with Crippen LogP contribution in [0.4, 0.5) is 0 Å². The summed E-state index contributed by atoms with van der Waals surface area (Å²) in [5.41, 5.74) is 0. The molecule has 5 nitrogen and oxygen atoms in total. The van der Waals surface area contributed by atoms with Gasteiger partial charge in [-0.3, -0.25) is 0 Å². The van der Waals surface area contributed by atoms with E-state index < -0.39 is 5.97 Å². The first-order valence-electron chi connectivity index (χ1n) is 6.80. The number of furan rings is 1. The van der Waals surface area contributed by atoms with Crippen molar-refractivity contribution in [2.75, 3.05) is 20.3 Å². The molecule has 0 spiro atoms. The van der Waals surface area contributed by atoms with Crippen LogP contribution in [-0.4, -0.2) is 26.2 Å². The molecule has 2 rings (SSSR count). The van der Waals surface area contributed by atoms with Crippen molar-refractivity contribution >= 4 is 5.97 Å². The molecule has 0 fully saturated rings. The van der Waals surface area contributed by atoms with Gasteiger partial charge in [-0.15, -0.1) is 0 Å². The third kappa shape index (κ3) is 4.36. The Morgan fingerprint density at radius 2 is 2.00 bits per heavy atom. The molecule has 5 heteroatoms. The molecular weight excluding hydrogens is 270 g/mol. The lowest BCUT2D eigenvalue weighted by Crippen LogP contribution is -2.24. The highest BCUT2D eigenvalue weighted by Gasteiger charge is 2.14. The van der Waals surface area contributed by atoms with Crippen LogP contribution in [0.15, 0.2) is 46.9 Å². The summed E-state index contributed by atoms with van der Waals surface area (Å²) in [6, 6.07) is 13.0. The van der Waals surface area contributed by atoms with Crippen molar-refractivity contribution in [2.24, 2.45) is 0 Å². The van der Waals surface area contributed by atoms with Gasteiger partial charge in [0.25, 0.3) is 0 Å². The third-order valence-corrected chi connectivity index (χ3v) is 3.00. The number of benzene rings is 1. The van der Waals surface area contributed by atoms with Gasteiger partial charge in [0.05, 0.1) is 13.2 Å². The maximum absolute atomic E-state index is 11.3. The van der Waals surface area contributed by atoms with E-state index >= 15 is 0 Å². The molecule has 1 atom stereocenters. The monoisotopic (exact) mass is 289 g/mol. The Bertz CT molecular complexity index is 565. The number of methoxy groups -OCH3 is 1. The minimum atomic E-state index is -0.471. The fourth-order valence-corrected chi connectivity index (χ4v) is 1.86. The fourth-order valence-electron chi connectivity index (χ4n) is 1.86. The van der Waals surface area contributed by atoms with Gasteiger partial charge in [-0.05, 0) is 31.2 Å². The average molecular weight is 289 g/mol. The maximum Gasteiger partial charge on any atom is 0.373 e. The molecule has 0 saturated carbocycles. The smallest absolute Gasteiger partial charge is 0.373 e. The van der Waals surface area contributed by atoms with E-state index in [1.807, 2.05) is 37.3 Å². The molecular formula is C16H19NO4. The lowest BCUT2D eigenvalue weighted by molar-refractivity contribution is 0.0562. The number of nitrogens with one attached hydrogen (secondary N) is 1. The molecule has 112 valence electrons. The van der Waals surface area contributed by atoms with Gasteiger partial charge >= 0.3 is 5.97 Å². The number of esters is 1. The van der Waals surface area contributed by atoms with Gasteiger partial charge in [-0.1, -0.05) is 18.2 Å². The van der Waals surface area contributed by atoms with Crippen molar-refractivity contribution in [1.82, 2.24) is 5.32 Å². The second-order valence-corrected chi connectivity index (χ2v) is 4.53. The number of hydrogen-bond acceptors (Lipinski definition) is 5. The van der Waals surface area contributed by atoms with E-state index in [0.717, 1.165) is 5.75 Å². The number of carbonyl (C=O) groups excluding carboxylic acids is 1. The summed E-state index contributed by atoms with van der Waals surface area (Å²) in [4.78, 5) is 11.3. The fraction of sp³-hybridized carbons (Fsp3) is 0.312. The maximum atomic E-state index is 11.3. The Hall–Kier alpha value is -2.27. The minimum Gasteiger partial charge on any atom is -0.492 e. The van der Waals surface area contributed by atoms with E-state index in [-0.39, 0.29) is 11.8 Å². The van der Waals surface area contributed by atoms with Crippen LogP contribution in [0.1, 0.15) is 29.3 Å². The zero-order chi connectivity index (χ0) is 15.1. The van der Waals surface area contributed by atoms with Gasteiger partial charge < -0.3 is 19.2 Å². The highest BCUT2D eigenvalue weighted by molar-refractivity contribution is 5.86. The SMILES string of the molecule is COC(=O)c1ccc(C(C)NCCOc2ccccc2)o1. The zero-order valence-corrected chi connectivity index (χ0v) is 12.2. The highest BCUT2D eigenvalue weighted by atomic mass is 16.5. The van der Waals surface area contributed by atoms with Crippen molar-refractivity contribution < 1.29 is 18.7 Å². The van der Waals surface area contributed by atoms with E-state index in [1.165, 1.54) is 7.11 Å². The van der Waals surface area contributed by atoms with Gasteiger partial charge in [-0.2, -0.15) is 0 Å². The highest BCUT2D eigenvalue weighted by Crippen LogP contribution is 2.16. The molecule has 0 aliphatic rings. The molecule has 0 bridgehead atoms. The molecule has 0 aliphatic heterocycles. The summed E-state index contributed by atoms with van der Waals surface area (Å²) < 4.78 is 15.6. The van der Waals surface area contributed by atoms with Crippen molar-refractivity contribution in [3.05, 3.63) is 54.0 Å². The van der Waals surface area contributed by atoms with E-state index in [4.69, 9.17) is 9.15 Å². The van der Waals surface area contributed by atoms with Gasteiger partial charge in [0.15, 0.2) is 0 Å². The average Bonchev–Trinajstić information content (AvgIpc) is 3.01. The lowest BCUT2D eigenvalue weighted by atomic mass is 10.2. The molecule has 1 unspecified atom stereocenters. The van der Waals surface area contributed by atoms with Crippen LogP contribution in [0, 0.1) is 0 Å². The summed E-state index contributed by atoms with van der Waals surface area (Å²) in [7, 11) is 1.33. The predicted molar refractivity (Wildman–Crippen MR) is 78.4 cm³/mol. The summed E-state index contributed by atoms with van der Waals surface area (Å²) >= 11 is 0. The predicted octanol–water partition coefficient (Wildman–Crippen LogP) is 2.80. The Balaban J connectivity index is 1.75. The number of carbonyl (C=O) groups is 1. The zero-order valence-electron chi connectivity index (χ0n) is 12.2. The topological polar surface area (TPSA) is 60.7 Å². The third-order valence-electron chi connectivity index (χ3n) is 3.00. The van der Waals surface area contributed by atoms with Crippen LogP contribution in [0.3, 0.4) is 0 Å². The molecule has 1 N–H and O–H groups in total.